The lowest BCUT2D eigenvalue weighted by atomic mass is 10.00. The first kappa shape index (κ1) is 18.1. The van der Waals surface area contributed by atoms with Gasteiger partial charge in [0, 0.05) is 24.2 Å². The van der Waals surface area contributed by atoms with Crippen LogP contribution < -0.4 is 5.32 Å². The molecule has 0 unspecified atom stereocenters. The summed E-state index contributed by atoms with van der Waals surface area (Å²) >= 11 is 0. The predicted octanol–water partition coefficient (Wildman–Crippen LogP) is 1.27. The maximum absolute atomic E-state index is 12.7. The molecule has 0 fully saturated rings. The molecular weight excluding hydrogens is 336 g/mol. The number of β-amino-alcohol motifs (C(OH)–C–C–N with tert-alkyl or cyclic N) is 1. The van der Waals surface area contributed by atoms with Crippen LogP contribution in [-0.2, 0) is 20.7 Å². The van der Waals surface area contributed by atoms with Crippen molar-refractivity contribution in [2.75, 3.05) is 32.1 Å². The van der Waals surface area contributed by atoms with Gasteiger partial charge in [0.05, 0.1) is 25.8 Å². The number of aliphatic hydroxyl groups is 1. The first-order valence-corrected chi connectivity index (χ1v) is 8.70. The van der Waals surface area contributed by atoms with Gasteiger partial charge >= 0.3 is 5.97 Å². The molecule has 26 heavy (non-hydrogen) atoms. The van der Waals surface area contributed by atoms with Crippen molar-refractivity contribution in [1.82, 2.24) is 4.90 Å². The second-order valence-corrected chi connectivity index (χ2v) is 6.38. The fourth-order valence-corrected chi connectivity index (χ4v) is 3.44. The lowest BCUT2D eigenvalue weighted by molar-refractivity contribution is -0.136. The lowest BCUT2D eigenvalue weighted by Crippen LogP contribution is -2.31. The lowest BCUT2D eigenvalue weighted by Gasteiger charge is -2.17. The zero-order valence-corrected chi connectivity index (χ0v) is 14.7. The summed E-state index contributed by atoms with van der Waals surface area (Å²) in [4.78, 5) is 38.4. The van der Waals surface area contributed by atoms with Gasteiger partial charge in [0.1, 0.15) is 5.70 Å². The van der Waals surface area contributed by atoms with E-state index in [4.69, 9.17) is 9.84 Å². The van der Waals surface area contributed by atoms with Gasteiger partial charge in [0.25, 0.3) is 5.91 Å². The van der Waals surface area contributed by atoms with Gasteiger partial charge in [-0.1, -0.05) is 12.1 Å². The number of hydrogen-bond donors (Lipinski definition) is 2. The SMILES string of the molecule is COC(=O)C1=C(Nc2cccc3c2CCCCC3=O)C(=O)N(CCO)C1. The van der Waals surface area contributed by atoms with E-state index in [2.05, 4.69) is 5.32 Å². The Morgan fingerprint density at radius 1 is 1.27 bits per heavy atom. The molecule has 7 nitrogen and oxygen atoms in total. The molecule has 0 aromatic heterocycles. The van der Waals surface area contributed by atoms with Gasteiger partial charge in [0.2, 0.25) is 0 Å². The highest BCUT2D eigenvalue weighted by Crippen LogP contribution is 2.30. The van der Waals surface area contributed by atoms with E-state index in [1.54, 1.807) is 18.2 Å². The van der Waals surface area contributed by atoms with Gasteiger partial charge in [0.15, 0.2) is 5.78 Å². The maximum atomic E-state index is 12.7. The number of aliphatic hydroxyl groups excluding tert-OH is 1. The number of Topliss-reactive ketones (excluding diaryl/α,β-unsaturated/α-hetero) is 1. The number of amides is 1. The van der Waals surface area contributed by atoms with E-state index in [1.165, 1.54) is 12.0 Å². The van der Waals surface area contributed by atoms with E-state index in [1.807, 2.05) is 0 Å². The van der Waals surface area contributed by atoms with Crippen LogP contribution >= 0.6 is 0 Å². The molecule has 1 amide bonds. The molecule has 0 atom stereocenters. The van der Waals surface area contributed by atoms with E-state index >= 15 is 0 Å². The monoisotopic (exact) mass is 358 g/mol. The Hall–Kier alpha value is -2.67. The Morgan fingerprint density at radius 2 is 2.04 bits per heavy atom. The summed E-state index contributed by atoms with van der Waals surface area (Å²) in [5.41, 5.74) is 2.58. The Morgan fingerprint density at radius 3 is 2.77 bits per heavy atom. The van der Waals surface area contributed by atoms with Gasteiger partial charge in [-0.05, 0) is 30.9 Å². The summed E-state index contributed by atoms with van der Waals surface area (Å²) < 4.78 is 4.79. The van der Waals surface area contributed by atoms with Gasteiger partial charge in [-0.25, -0.2) is 4.79 Å². The van der Waals surface area contributed by atoms with E-state index < -0.39 is 5.97 Å². The van der Waals surface area contributed by atoms with E-state index in [-0.39, 0.29) is 42.7 Å². The molecule has 7 heteroatoms. The summed E-state index contributed by atoms with van der Waals surface area (Å²) in [5.74, 6) is -0.848. The van der Waals surface area contributed by atoms with Gasteiger partial charge in [-0.2, -0.15) is 0 Å². The van der Waals surface area contributed by atoms with Crippen LogP contribution in [0.3, 0.4) is 0 Å². The third-order valence-corrected chi connectivity index (χ3v) is 4.77. The summed E-state index contributed by atoms with van der Waals surface area (Å²) in [7, 11) is 1.26. The summed E-state index contributed by atoms with van der Waals surface area (Å²) in [6.07, 6.45) is 2.99. The molecule has 0 bridgehead atoms. The van der Waals surface area contributed by atoms with Gasteiger partial charge in [-0.3, -0.25) is 9.59 Å². The zero-order chi connectivity index (χ0) is 18.7. The van der Waals surface area contributed by atoms with Crippen molar-refractivity contribution < 1.29 is 24.2 Å². The molecule has 1 aliphatic carbocycles. The maximum Gasteiger partial charge on any atom is 0.337 e. The third kappa shape index (κ3) is 3.35. The molecule has 1 aliphatic heterocycles. The first-order chi connectivity index (χ1) is 12.6. The van der Waals surface area contributed by atoms with Crippen molar-refractivity contribution in [3.05, 3.63) is 40.6 Å². The summed E-state index contributed by atoms with van der Waals surface area (Å²) in [6, 6.07) is 5.38. The average Bonchev–Trinajstić information content (AvgIpc) is 2.82. The fourth-order valence-electron chi connectivity index (χ4n) is 3.44. The van der Waals surface area contributed by atoms with Crippen molar-refractivity contribution in [3.63, 3.8) is 0 Å². The Bertz CT molecular complexity index is 784. The molecule has 0 saturated carbocycles. The number of anilines is 1. The van der Waals surface area contributed by atoms with Crippen LogP contribution in [0.1, 0.15) is 35.2 Å². The number of rotatable bonds is 5. The number of methoxy groups -OCH3 is 1. The van der Waals surface area contributed by atoms with E-state index in [9.17, 15) is 14.4 Å². The van der Waals surface area contributed by atoms with Crippen LogP contribution in [0.2, 0.25) is 0 Å². The van der Waals surface area contributed by atoms with Crippen LogP contribution in [0, 0.1) is 0 Å². The first-order valence-electron chi connectivity index (χ1n) is 8.70. The van der Waals surface area contributed by atoms with Crippen molar-refractivity contribution in [3.8, 4) is 0 Å². The molecule has 1 aromatic carbocycles. The minimum Gasteiger partial charge on any atom is -0.466 e. The van der Waals surface area contributed by atoms with Crippen LogP contribution in [0.25, 0.3) is 0 Å². The van der Waals surface area contributed by atoms with Crippen LogP contribution in [0.15, 0.2) is 29.5 Å². The standard InChI is InChI=1S/C19H22N2O5/c1-26-19(25)14-11-21(9-10-22)18(24)17(14)20-15-7-4-6-13-12(15)5-2-3-8-16(13)23/h4,6-7,20,22H,2-3,5,8-11H2,1H3. The number of nitrogens with one attached hydrogen (secondary N) is 1. The predicted molar refractivity (Wildman–Crippen MR) is 94.7 cm³/mol. The number of ketones is 1. The normalized spacial score (nSPS) is 17.2. The molecule has 138 valence electrons. The summed E-state index contributed by atoms with van der Waals surface area (Å²) in [6.45, 7) is 0.0287. The molecule has 2 aliphatic rings. The average molecular weight is 358 g/mol. The van der Waals surface area contributed by atoms with Crippen molar-refractivity contribution in [2.24, 2.45) is 0 Å². The zero-order valence-electron chi connectivity index (χ0n) is 14.7. The second kappa shape index (κ2) is 7.70. The molecule has 2 N–H and O–H groups in total. The highest BCUT2D eigenvalue weighted by atomic mass is 16.5. The Balaban J connectivity index is 1.98. The van der Waals surface area contributed by atoms with E-state index in [0.717, 1.165) is 24.8 Å². The van der Waals surface area contributed by atoms with Crippen LogP contribution in [-0.4, -0.2) is 54.5 Å². The molecule has 1 heterocycles. The quantitative estimate of drug-likeness (QED) is 0.608. The molecular formula is C19H22N2O5. The minimum atomic E-state index is -0.584. The number of hydrogen-bond acceptors (Lipinski definition) is 6. The molecule has 0 spiro atoms. The van der Waals surface area contributed by atoms with Crippen LogP contribution in [0.4, 0.5) is 5.69 Å². The molecule has 1 aromatic rings. The van der Waals surface area contributed by atoms with Crippen molar-refractivity contribution in [2.45, 2.75) is 25.7 Å². The Kier molecular flexibility index (Phi) is 5.37. The third-order valence-electron chi connectivity index (χ3n) is 4.77. The number of nitrogens with zero attached hydrogens (tertiary/aromatic N) is 1. The fraction of sp³-hybridized carbons (Fsp3) is 0.421. The number of esters is 1. The molecule has 3 rings (SSSR count). The van der Waals surface area contributed by atoms with Gasteiger partial charge in [-0.15, -0.1) is 0 Å². The number of benzene rings is 1. The molecule has 0 saturated heterocycles. The van der Waals surface area contributed by atoms with Crippen LogP contribution in [0.5, 0.6) is 0 Å². The summed E-state index contributed by atoms with van der Waals surface area (Å²) in [5, 5.41) is 12.2. The smallest absolute Gasteiger partial charge is 0.337 e. The number of ether oxygens (including phenoxy) is 1. The topological polar surface area (TPSA) is 95.9 Å². The van der Waals surface area contributed by atoms with E-state index in [0.29, 0.717) is 17.7 Å². The number of carbonyl (C=O) groups is 3. The van der Waals surface area contributed by atoms with Gasteiger partial charge < -0.3 is 20.1 Å². The van der Waals surface area contributed by atoms with Crippen molar-refractivity contribution >= 4 is 23.3 Å². The second-order valence-electron chi connectivity index (χ2n) is 6.38. The highest BCUT2D eigenvalue weighted by Gasteiger charge is 2.35. The minimum absolute atomic E-state index is 0.0857. The number of carbonyl (C=O) groups excluding carboxylic acids is 3. The largest absolute Gasteiger partial charge is 0.466 e. The molecule has 0 radical (unpaired) electrons. The Labute approximate surface area is 151 Å². The number of fused-ring (bicyclic) bond motifs is 1. The highest BCUT2D eigenvalue weighted by molar-refractivity contribution is 6.09. The van der Waals surface area contributed by atoms with Crippen molar-refractivity contribution in [1.29, 1.82) is 0 Å².